The zero-order valence-electron chi connectivity index (χ0n) is 10.8. The Labute approximate surface area is 108 Å². The molecular weight excluding hydrogens is 261 g/mol. The molecule has 0 spiro atoms. The van der Waals surface area contributed by atoms with Crippen LogP contribution in [0.1, 0.15) is 12.5 Å². The number of methoxy groups -OCH3 is 1. The molecule has 7 heteroatoms. The molecule has 1 rings (SSSR count). The van der Waals surface area contributed by atoms with E-state index in [0.29, 0.717) is 18.2 Å². The monoisotopic (exact) mass is 276 g/mol. The first kappa shape index (κ1) is 15.3. The molecular formula is C12H15F3N2O2. The second kappa shape index (κ2) is 5.08. The molecule has 0 fully saturated rings. The van der Waals surface area contributed by atoms with Crippen LogP contribution in [0.2, 0.25) is 0 Å². The van der Waals surface area contributed by atoms with E-state index in [1.807, 2.05) is 0 Å². The Morgan fingerprint density at radius 1 is 1.37 bits per heavy atom. The normalized spacial score (nSPS) is 14.7. The fourth-order valence-corrected chi connectivity index (χ4v) is 1.35. The topological polar surface area (TPSA) is 64.3 Å². The van der Waals surface area contributed by atoms with E-state index < -0.39 is 17.6 Å². The van der Waals surface area contributed by atoms with Gasteiger partial charge in [-0.15, -0.1) is 0 Å². The maximum absolute atomic E-state index is 12.6. The third-order valence-electron chi connectivity index (χ3n) is 2.71. The third kappa shape index (κ3) is 3.17. The third-order valence-corrected chi connectivity index (χ3v) is 2.71. The lowest BCUT2D eigenvalue weighted by Crippen LogP contribution is -2.59. The van der Waals surface area contributed by atoms with Gasteiger partial charge in [0.15, 0.2) is 5.54 Å². The Morgan fingerprint density at radius 3 is 2.37 bits per heavy atom. The molecule has 0 saturated heterocycles. The minimum Gasteiger partial charge on any atom is -0.496 e. The Bertz CT molecular complexity index is 484. The highest BCUT2D eigenvalue weighted by atomic mass is 19.4. The van der Waals surface area contributed by atoms with E-state index in [0.717, 1.165) is 0 Å². The highest BCUT2D eigenvalue weighted by molar-refractivity contribution is 5.98. The van der Waals surface area contributed by atoms with Crippen LogP contribution in [0.25, 0.3) is 0 Å². The van der Waals surface area contributed by atoms with Crippen molar-refractivity contribution in [3.8, 4) is 5.75 Å². The summed E-state index contributed by atoms with van der Waals surface area (Å²) >= 11 is 0. The summed E-state index contributed by atoms with van der Waals surface area (Å²) in [4.78, 5) is 11.6. The summed E-state index contributed by atoms with van der Waals surface area (Å²) in [7, 11) is 1.47. The highest BCUT2D eigenvalue weighted by Crippen LogP contribution is 2.29. The van der Waals surface area contributed by atoms with Crippen LogP contribution in [0.5, 0.6) is 5.75 Å². The predicted molar refractivity (Wildman–Crippen MR) is 65.0 cm³/mol. The second-order valence-corrected chi connectivity index (χ2v) is 4.34. The fourth-order valence-electron chi connectivity index (χ4n) is 1.35. The maximum Gasteiger partial charge on any atom is 0.415 e. The number of nitrogens with two attached hydrogens (primary N) is 1. The number of hydrogen-bond acceptors (Lipinski definition) is 3. The van der Waals surface area contributed by atoms with Crippen LogP contribution < -0.4 is 15.8 Å². The molecule has 0 heterocycles. The molecule has 0 radical (unpaired) electrons. The van der Waals surface area contributed by atoms with Gasteiger partial charge in [0.25, 0.3) is 5.91 Å². The zero-order chi connectivity index (χ0) is 14.8. The van der Waals surface area contributed by atoms with Gasteiger partial charge in [-0.3, -0.25) is 4.79 Å². The molecule has 1 unspecified atom stereocenters. The number of hydrogen-bond donors (Lipinski definition) is 2. The molecule has 1 aromatic rings. The average Bonchev–Trinajstić information content (AvgIpc) is 2.27. The quantitative estimate of drug-likeness (QED) is 0.889. The van der Waals surface area contributed by atoms with Gasteiger partial charge in [0, 0.05) is 5.69 Å². The molecule has 0 saturated carbocycles. The van der Waals surface area contributed by atoms with Crippen molar-refractivity contribution in [3.63, 3.8) is 0 Å². The molecule has 0 aliphatic carbocycles. The van der Waals surface area contributed by atoms with Gasteiger partial charge in [-0.05, 0) is 37.6 Å². The molecule has 1 atom stereocenters. The fraction of sp³-hybridized carbons (Fsp3) is 0.417. The molecule has 106 valence electrons. The molecule has 0 aromatic heterocycles. The first-order valence-electron chi connectivity index (χ1n) is 5.41. The van der Waals surface area contributed by atoms with Gasteiger partial charge < -0.3 is 15.8 Å². The number of rotatable bonds is 3. The van der Waals surface area contributed by atoms with Gasteiger partial charge in [0.1, 0.15) is 5.75 Å². The van der Waals surface area contributed by atoms with Crippen LogP contribution in [-0.2, 0) is 4.79 Å². The molecule has 1 amide bonds. The molecule has 3 N–H and O–H groups in total. The smallest absolute Gasteiger partial charge is 0.415 e. The lowest BCUT2D eigenvalue weighted by atomic mass is 10.0. The van der Waals surface area contributed by atoms with E-state index in [2.05, 4.69) is 5.32 Å². The van der Waals surface area contributed by atoms with Crippen LogP contribution in [0, 0.1) is 6.92 Å². The first-order valence-corrected chi connectivity index (χ1v) is 5.41. The lowest BCUT2D eigenvalue weighted by molar-refractivity contribution is -0.184. The summed E-state index contributed by atoms with van der Waals surface area (Å²) in [6.45, 7) is 2.33. The number of carbonyl (C=O) groups excluding carboxylic acids is 1. The molecule has 0 aliphatic rings. The average molecular weight is 276 g/mol. The Morgan fingerprint density at radius 2 is 1.95 bits per heavy atom. The van der Waals surface area contributed by atoms with Crippen LogP contribution in [0.4, 0.5) is 18.9 Å². The zero-order valence-corrected chi connectivity index (χ0v) is 10.8. The van der Waals surface area contributed by atoms with Gasteiger partial charge in [0.05, 0.1) is 7.11 Å². The van der Waals surface area contributed by atoms with Gasteiger partial charge >= 0.3 is 6.18 Å². The van der Waals surface area contributed by atoms with Crippen molar-refractivity contribution in [2.75, 3.05) is 12.4 Å². The van der Waals surface area contributed by atoms with E-state index in [9.17, 15) is 18.0 Å². The van der Waals surface area contributed by atoms with Crippen molar-refractivity contribution in [1.82, 2.24) is 0 Å². The molecule has 0 bridgehead atoms. The van der Waals surface area contributed by atoms with Gasteiger partial charge in [-0.1, -0.05) is 0 Å². The largest absolute Gasteiger partial charge is 0.496 e. The summed E-state index contributed by atoms with van der Waals surface area (Å²) in [6, 6.07) is 4.49. The Hall–Kier alpha value is -1.76. The number of halogens is 3. The number of carbonyl (C=O) groups is 1. The number of anilines is 1. The highest BCUT2D eigenvalue weighted by Gasteiger charge is 2.53. The molecule has 19 heavy (non-hydrogen) atoms. The Balaban J connectivity index is 2.92. The second-order valence-electron chi connectivity index (χ2n) is 4.34. The van der Waals surface area contributed by atoms with Crippen molar-refractivity contribution in [2.24, 2.45) is 5.73 Å². The summed E-state index contributed by atoms with van der Waals surface area (Å²) in [5.41, 5.74) is 2.99. The summed E-state index contributed by atoms with van der Waals surface area (Å²) < 4.78 is 42.7. The van der Waals surface area contributed by atoms with E-state index in [4.69, 9.17) is 10.5 Å². The van der Waals surface area contributed by atoms with Crippen molar-refractivity contribution in [1.29, 1.82) is 0 Å². The van der Waals surface area contributed by atoms with Crippen molar-refractivity contribution in [3.05, 3.63) is 23.8 Å². The number of amides is 1. The maximum atomic E-state index is 12.6. The summed E-state index contributed by atoms with van der Waals surface area (Å²) in [6.07, 6.45) is -4.82. The van der Waals surface area contributed by atoms with Crippen molar-refractivity contribution >= 4 is 11.6 Å². The van der Waals surface area contributed by atoms with Crippen molar-refractivity contribution in [2.45, 2.75) is 25.6 Å². The molecule has 0 aliphatic heterocycles. The van der Waals surface area contributed by atoms with E-state index >= 15 is 0 Å². The number of ether oxygens (including phenoxy) is 1. The lowest BCUT2D eigenvalue weighted by Gasteiger charge is -2.26. The van der Waals surface area contributed by atoms with Crippen LogP contribution in [-0.4, -0.2) is 24.7 Å². The van der Waals surface area contributed by atoms with E-state index in [1.54, 1.807) is 13.0 Å². The minimum atomic E-state index is -4.82. The van der Waals surface area contributed by atoms with Crippen LogP contribution in [0.3, 0.4) is 0 Å². The van der Waals surface area contributed by atoms with Gasteiger partial charge in [0.2, 0.25) is 0 Å². The number of alkyl halides is 3. The molecule has 4 nitrogen and oxygen atoms in total. The van der Waals surface area contributed by atoms with E-state index in [-0.39, 0.29) is 5.69 Å². The standard InChI is InChI=1S/C12H15F3N2O2/c1-7-6-8(4-5-9(7)19-3)17-10(18)11(2,16)12(13,14)15/h4-6H,16H2,1-3H3,(H,17,18). The Kier molecular flexibility index (Phi) is 4.09. The minimum absolute atomic E-state index is 0.226. The van der Waals surface area contributed by atoms with E-state index in [1.165, 1.54) is 19.2 Å². The predicted octanol–water partition coefficient (Wildman–Crippen LogP) is 2.22. The summed E-state index contributed by atoms with van der Waals surface area (Å²) in [5, 5.41) is 2.14. The van der Waals surface area contributed by atoms with Gasteiger partial charge in [-0.2, -0.15) is 13.2 Å². The number of nitrogens with one attached hydrogen (secondary N) is 1. The number of benzene rings is 1. The number of aryl methyl sites for hydroxylation is 1. The summed E-state index contributed by atoms with van der Waals surface area (Å²) in [5.74, 6) is -0.742. The van der Waals surface area contributed by atoms with Crippen LogP contribution >= 0.6 is 0 Å². The van der Waals surface area contributed by atoms with Crippen molar-refractivity contribution < 1.29 is 22.7 Å². The first-order chi connectivity index (χ1) is 8.59. The SMILES string of the molecule is COc1ccc(NC(=O)C(C)(N)C(F)(F)F)cc1C. The van der Waals surface area contributed by atoms with Crippen LogP contribution in [0.15, 0.2) is 18.2 Å². The van der Waals surface area contributed by atoms with Gasteiger partial charge in [-0.25, -0.2) is 0 Å². The molecule has 1 aromatic carbocycles.